The Morgan fingerprint density at radius 1 is 1.05 bits per heavy atom. The predicted octanol–water partition coefficient (Wildman–Crippen LogP) is 4.70. The van der Waals surface area contributed by atoms with Gasteiger partial charge in [0.2, 0.25) is 0 Å². The lowest BCUT2D eigenvalue weighted by Gasteiger charge is -2.15. The molecule has 0 aliphatic heterocycles. The zero-order valence-corrected chi connectivity index (χ0v) is 13.5. The zero-order valence-electron chi connectivity index (χ0n) is 10.4. The van der Waals surface area contributed by atoms with Crippen LogP contribution < -0.4 is 5.32 Å². The molecule has 0 radical (unpaired) electrons. The molecule has 2 rings (SSSR count). The number of amides is 1. The number of carbonyl (C=O) groups excluding carboxylic acids is 1. The van der Waals surface area contributed by atoms with Crippen molar-refractivity contribution in [1.29, 1.82) is 0 Å². The Bertz CT molecular complexity index is 581. The van der Waals surface area contributed by atoms with Gasteiger partial charge in [0.25, 0.3) is 5.91 Å². The molecule has 0 saturated carbocycles. The maximum atomic E-state index is 12.2. The molecule has 1 atom stereocenters. The van der Waals surface area contributed by atoms with E-state index in [2.05, 4.69) is 37.2 Å². The van der Waals surface area contributed by atoms with E-state index in [0.29, 0.717) is 5.56 Å². The molecule has 2 aromatic carbocycles. The Balaban J connectivity index is 2.11. The third-order valence-electron chi connectivity index (χ3n) is 2.84. The summed E-state index contributed by atoms with van der Waals surface area (Å²) in [5, 5.41) is 2.99. The van der Waals surface area contributed by atoms with Gasteiger partial charge in [-0.15, -0.1) is 0 Å². The van der Waals surface area contributed by atoms with Crippen LogP contribution in [0.1, 0.15) is 28.9 Å². The van der Waals surface area contributed by atoms with Gasteiger partial charge in [0.15, 0.2) is 0 Å². The lowest BCUT2D eigenvalue weighted by Crippen LogP contribution is -2.26. The topological polar surface area (TPSA) is 29.1 Å². The molecule has 0 fully saturated rings. The van der Waals surface area contributed by atoms with E-state index >= 15 is 0 Å². The van der Waals surface area contributed by atoms with Gasteiger partial charge in [0.05, 0.1) is 11.6 Å². The third-order valence-corrected chi connectivity index (χ3v) is 4.06. The maximum Gasteiger partial charge on any atom is 0.252 e. The highest BCUT2D eigenvalue weighted by Crippen LogP contribution is 2.19. The molecule has 0 aliphatic rings. The fraction of sp³-hybridized carbons (Fsp3) is 0.133. The van der Waals surface area contributed by atoms with Crippen LogP contribution in [0.2, 0.25) is 0 Å². The van der Waals surface area contributed by atoms with Crippen molar-refractivity contribution in [1.82, 2.24) is 5.32 Å². The first-order valence-electron chi connectivity index (χ1n) is 5.89. The standard InChI is InChI=1S/C15H13Br2NO/c1-10(11-6-8-12(16)9-7-11)18-15(19)13-4-2-3-5-14(13)17/h2-10H,1H3,(H,18,19)/t10-/m1/s1. The number of rotatable bonds is 3. The Kier molecular flexibility index (Phi) is 4.77. The average Bonchev–Trinajstić information content (AvgIpc) is 2.39. The summed E-state index contributed by atoms with van der Waals surface area (Å²) in [7, 11) is 0. The van der Waals surface area contributed by atoms with Gasteiger partial charge in [-0.3, -0.25) is 4.79 Å². The monoisotopic (exact) mass is 381 g/mol. The van der Waals surface area contributed by atoms with Crippen molar-refractivity contribution >= 4 is 37.8 Å². The molecule has 0 aromatic heterocycles. The molecule has 2 aromatic rings. The first-order chi connectivity index (χ1) is 9.08. The Morgan fingerprint density at radius 3 is 2.32 bits per heavy atom. The van der Waals surface area contributed by atoms with Crippen molar-refractivity contribution in [2.75, 3.05) is 0 Å². The van der Waals surface area contributed by atoms with E-state index in [1.165, 1.54) is 0 Å². The van der Waals surface area contributed by atoms with Crippen molar-refractivity contribution in [3.8, 4) is 0 Å². The molecule has 0 bridgehead atoms. The van der Waals surface area contributed by atoms with Crippen LogP contribution in [0.15, 0.2) is 57.5 Å². The van der Waals surface area contributed by atoms with E-state index < -0.39 is 0 Å². The van der Waals surface area contributed by atoms with Crippen LogP contribution in [0.5, 0.6) is 0 Å². The number of hydrogen-bond acceptors (Lipinski definition) is 1. The van der Waals surface area contributed by atoms with Crippen LogP contribution in [-0.2, 0) is 0 Å². The van der Waals surface area contributed by atoms with Crippen LogP contribution in [0.4, 0.5) is 0 Å². The minimum atomic E-state index is -0.0807. The molecule has 98 valence electrons. The second kappa shape index (κ2) is 6.35. The molecule has 1 amide bonds. The van der Waals surface area contributed by atoms with E-state index in [9.17, 15) is 4.79 Å². The Hall–Kier alpha value is -1.13. The van der Waals surface area contributed by atoms with Gasteiger partial charge in [-0.1, -0.05) is 40.2 Å². The zero-order chi connectivity index (χ0) is 13.8. The molecule has 4 heteroatoms. The molecule has 1 N–H and O–H groups in total. The number of nitrogens with one attached hydrogen (secondary N) is 1. The molecular weight excluding hydrogens is 370 g/mol. The number of hydrogen-bond donors (Lipinski definition) is 1. The third kappa shape index (κ3) is 3.67. The fourth-order valence-corrected chi connectivity index (χ4v) is 2.48. The summed E-state index contributed by atoms with van der Waals surface area (Å²) >= 11 is 6.78. The highest BCUT2D eigenvalue weighted by atomic mass is 79.9. The summed E-state index contributed by atoms with van der Waals surface area (Å²) in [6, 6.07) is 15.3. The summed E-state index contributed by atoms with van der Waals surface area (Å²) in [6.07, 6.45) is 0. The first kappa shape index (κ1) is 14.3. The second-order valence-corrected chi connectivity index (χ2v) is 6.00. The minimum absolute atomic E-state index is 0.0345. The van der Waals surface area contributed by atoms with Gasteiger partial charge in [-0.2, -0.15) is 0 Å². The number of halogens is 2. The first-order valence-corrected chi connectivity index (χ1v) is 7.47. The molecule has 0 spiro atoms. The molecule has 2 nitrogen and oxygen atoms in total. The average molecular weight is 383 g/mol. The fourth-order valence-electron chi connectivity index (χ4n) is 1.75. The van der Waals surface area contributed by atoms with Crippen molar-refractivity contribution in [2.45, 2.75) is 13.0 Å². The predicted molar refractivity (Wildman–Crippen MR) is 84.2 cm³/mol. The van der Waals surface area contributed by atoms with E-state index in [1.54, 1.807) is 6.07 Å². The van der Waals surface area contributed by atoms with Crippen molar-refractivity contribution in [3.63, 3.8) is 0 Å². The normalized spacial score (nSPS) is 11.9. The molecule has 19 heavy (non-hydrogen) atoms. The van der Waals surface area contributed by atoms with Crippen LogP contribution in [0.25, 0.3) is 0 Å². The lowest BCUT2D eigenvalue weighted by molar-refractivity contribution is 0.0939. The van der Waals surface area contributed by atoms with E-state index in [0.717, 1.165) is 14.5 Å². The Labute approximate surface area is 129 Å². The minimum Gasteiger partial charge on any atom is -0.345 e. The molecular formula is C15H13Br2NO. The highest BCUT2D eigenvalue weighted by Gasteiger charge is 2.13. The van der Waals surface area contributed by atoms with Gasteiger partial charge in [0, 0.05) is 8.95 Å². The van der Waals surface area contributed by atoms with Crippen molar-refractivity contribution < 1.29 is 4.79 Å². The van der Waals surface area contributed by atoms with E-state index in [-0.39, 0.29) is 11.9 Å². The van der Waals surface area contributed by atoms with E-state index in [4.69, 9.17) is 0 Å². The smallest absolute Gasteiger partial charge is 0.252 e. The van der Waals surface area contributed by atoms with Crippen LogP contribution in [0, 0.1) is 0 Å². The largest absolute Gasteiger partial charge is 0.345 e. The van der Waals surface area contributed by atoms with Crippen LogP contribution in [0.3, 0.4) is 0 Å². The highest BCUT2D eigenvalue weighted by molar-refractivity contribution is 9.10. The van der Waals surface area contributed by atoms with Crippen molar-refractivity contribution in [2.24, 2.45) is 0 Å². The number of carbonyl (C=O) groups is 1. The van der Waals surface area contributed by atoms with Gasteiger partial charge in [-0.25, -0.2) is 0 Å². The van der Waals surface area contributed by atoms with Gasteiger partial charge >= 0.3 is 0 Å². The SMILES string of the molecule is C[C@@H](NC(=O)c1ccccc1Br)c1ccc(Br)cc1. The molecule has 0 saturated heterocycles. The molecule has 0 unspecified atom stereocenters. The summed E-state index contributed by atoms with van der Waals surface area (Å²) in [4.78, 5) is 12.2. The maximum absolute atomic E-state index is 12.2. The lowest BCUT2D eigenvalue weighted by atomic mass is 10.1. The summed E-state index contributed by atoms with van der Waals surface area (Å²) in [6.45, 7) is 1.97. The van der Waals surface area contributed by atoms with Crippen LogP contribution in [-0.4, -0.2) is 5.91 Å². The summed E-state index contributed by atoms with van der Waals surface area (Å²) in [5.41, 5.74) is 1.72. The number of benzene rings is 2. The quantitative estimate of drug-likeness (QED) is 0.818. The molecule has 0 aliphatic carbocycles. The van der Waals surface area contributed by atoms with E-state index in [1.807, 2.05) is 49.4 Å². The van der Waals surface area contributed by atoms with Crippen LogP contribution >= 0.6 is 31.9 Å². The second-order valence-electron chi connectivity index (χ2n) is 4.23. The molecule has 0 heterocycles. The summed E-state index contributed by atoms with van der Waals surface area (Å²) < 4.78 is 1.83. The van der Waals surface area contributed by atoms with Gasteiger partial charge in [0.1, 0.15) is 0 Å². The van der Waals surface area contributed by atoms with Gasteiger partial charge in [-0.05, 0) is 52.7 Å². The summed E-state index contributed by atoms with van der Waals surface area (Å²) in [5.74, 6) is -0.0807. The van der Waals surface area contributed by atoms with Crippen molar-refractivity contribution in [3.05, 3.63) is 68.6 Å². The van der Waals surface area contributed by atoms with Gasteiger partial charge < -0.3 is 5.32 Å². The Morgan fingerprint density at radius 2 is 1.68 bits per heavy atom.